The summed E-state index contributed by atoms with van der Waals surface area (Å²) >= 11 is 18.6. The molecule has 232 valence electrons. The minimum atomic E-state index is -3.94. The molecule has 4 rings (SSSR count). The van der Waals surface area contributed by atoms with Gasteiger partial charge in [-0.25, -0.2) is 8.42 Å². The van der Waals surface area contributed by atoms with Gasteiger partial charge in [0, 0.05) is 35.1 Å². The molecule has 0 spiro atoms. The Morgan fingerprint density at radius 1 is 1.12 bits per heavy atom. The molecule has 0 radical (unpaired) electrons. The van der Waals surface area contributed by atoms with Crippen molar-refractivity contribution in [3.8, 4) is 11.5 Å². The normalized spacial score (nSPS) is 18.0. The number of sulfonamides is 1. The van der Waals surface area contributed by atoms with E-state index in [1.54, 1.807) is 24.3 Å². The molecule has 43 heavy (non-hydrogen) atoms. The summed E-state index contributed by atoms with van der Waals surface area (Å²) in [6, 6.07) is 10.0. The number of amides is 1. The SMILES string of the molecule is CCOc1cc(OC)c(S(=O)(=O)N2CCCC2)cc1/C(=N/C(C)(C)C1C=CC(Cl)=CC1)N(Cc1ccc(Cl)cc1)C(=O)Cl. The van der Waals surface area contributed by atoms with Gasteiger partial charge in [-0.1, -0.05) is 47.5 Å². The minimum absolute atomic E-state index is 0.0402. The van der Waals surface area contributed by atoms with Gasteiger partial charge in [-0.3, -0.25) is 14.7 Å². The molecule has 0 bridgehead atoms. The van der Waals surface area contributed by atoms with Crippen molar-refractivity contribution in [2.75, 3.05) is 26.8 Å². The number of carbonyl (C=O) groups excluding carboxylic acids is 1. The molecule has 1 aliphatic heterocycles. The zero-order valence-electron chi connectivity index (χ0n) is 24.6. The number of benzene rings is 2. The molecule has 1 heterocycles. The lowest BCUT2D eigenvalue weighted by Crippen LogP contribution is -2.38. The smallest absolute Gasteiger partial charge is 0.322 e. The fourth-order valence-corrected chi connectivity index (χ4v) is 7.26. The number of rotatable bonds is 10. The summed E-state index contributed by atoms with van der Waals surface area (Å²) in [6.07, 6.45) is 7.90. The van der Waals surface area contributed by atoms with E-state index < -0.39 is 20.9 Å². The summed E-state index contributed by atoms with van der Waals surface area (Å²) in [5, 5.41) is 0.389. The molecule has 2 aromatic rings. The van der Waals surface area contributed by atoms with Crippen molar-refractivity contribution in [1.82, 2.24) is 9.21 Å². The molecule has 1 amide bonds. The number of hydrogen-bond donors (Lipinski definition) is 0. The Labute approximate surface area is 269 Å². The largest absolute Gasteiger partial charge is 0.495 e. The second kappa shape index (κ2) is 14.0. The average molecular weight is 669 g/mol. The second-order valence-electron chi connectivity index (χ2n) is 10.9. The quantitative estimate of drug-likeness (QED) is 0.113. The third-order valence-corrected chi connectivity index (χ3v) is 10.2. The maximum absolute atomic E-state index is 13.9. The monoisotopic (exact) mass is 667 g/mol. The Bertz CT molecular complexity index is 1530. The molecule has 1 aliphatic carbocycles. The van der Waals surface area contributed by atoms with Crippen molar-refractivity contribution >= 4 is 56.0 Å². The number of aliphatic imine (C=N–C) groups is 1. The first-order chi connectivity index (χ1) is 20.4. The Morgan fingerprint density at radius 3 is 2.35 bits per heavy atom. The van der Waals surface area contributed by atoms with Crippen molar-refractivity contribution in [3.05, 3.63) is 75.8 Å². The number of allylic oxidation sites excluding steroid dienone is 3. The standard InChI is InChI=1S/C31H36Cl3N3O5S/c1-5-42-26-19-27(41-4)28(43(39,40)36-16-6-7-17-36)18-25(26)29(35-31(2,3)22-10-14-24(33)15-11-22)37(30(34)38)20-21-8-12-23(32)13-9-21/h8-10,12-15,18-19,22H,5-7,11,16-17,20H2,1-4H3/b35-29-. The first-order valence-electron chi connectivity index (χ1n) is 14.1. The highest BCUT2D eigenvalue weighted by Crippen LogP contribution is 2.38. The van der Waals surface area contributed by atoms with Crippen molar-refractivity contribution in [1.29, 1.82) is 0 Å². The Balaban J connectivity index is 1.97. The minimum Gasteiger partial charge on any atom is -0.495 e. The van der Waals surface area contributed by atoms with Gasteiger partial charge in [-0.15, -0.1) is 0 Å². The molecule has 0 saturated carbocycles. The van der Waals surface area contributed by atoms with Gasteiger partial charge < -0.3 is 9.47 Å². The number of halogens is 3. The van der Waals surface area contributed by atoms with Crippen LogP contribution in [0.25, 0.3) is 0 Å². The van der Waals surface area contributed by atoms with Gasteiger partial charge in [0.25, 0.3) is 0 Å². The maximum atomic E-state index is 13.9. The average Bonchev–Trinajstić information content (AvgIpc) is 3.52. The van der Waals surface area contributed by atoms with Crippen LogP contribution in [0.4, 0.5) is 4.79 Å². The third-order valence-electron chi connectivity index (χ3n) is 7.57. The van der Waals surface area contributed by atoms with Gasteiger partial charge in [0.05, 0.1) is 31.4 Å². The topological polar surface area (TPSA) is 88.5 Å². The predicted molar refractivity (Wildman–Crippen MR) is 172 cm³/mol. The highest BCUT2D eigenvalue weighted by atomic mass is 35.5. The Kier molecular flexibility index (Phi) is 10.9. The maximum Gasteiger partial charge on any atom is 0.322 e. The van der Waals surface area contributed by atoms with Crippen LogP contribution in [0.5, 0.6) is 11.5 Å². The van der Waals surface area contributed by atoms with Crippen LogP contribution >= 0.6 is 34.8 Å². The van der Waals surface area contributed by atoms with Crippen LogP contribution in [0.15, 0.2) is 69.5 Å². The van der Waals surface area contributed by atoms with Gasteiger partial charge in [-0.2, -0.15) is 4.31 Å². The van der Waals surface area contributed by atoms with E-state index >= 15 is 0 Å². The van der Waals surface area contributed by atoms with E-state index in [0.717, 1.165) is 18.4 Å². The Hall–Kier alpha value is -2.56. The van der Waals surface area contributed by atoms with Gasteiger partial charge in [0.2, 0.25) is 10.0 Å². The van der Waals surface area contributed by atoms with Gasteiger partial charge >= 0.3 is 5.37 Å². The van der Waals surface area contributed by atoms with Crippen LogP contribution in [0.1, 0.15) is 51.2 Å². The van der Waals surface area contributed by atoms with E-state index in [-0.39, 0.29) is 35.6 Å². The van der Waals surface area contributed by atoms with Crippen LogP contribution in [0, 0.1) is 5.92 Å². The van der Waals surface area contributed by atoms with E-state index in [4.69, 9.17) is 49.3 Å². The predicted octanol–water partition coefficient (Wildman–Crippen LogP) is 7.62. The molecule has 2 aromatic carbocycles. The van der Waals surface area contributed by atoms with Crippen molar-refractivity contribution in [2.45, 2.75) is 57.0 Å². The van der Waals surface area contributed by atoms with Crippen molar-refractivity contribution < 1.29 is 22.7 Å². The lowest BCUT2D eigenvalue weighted by atomic mass is 9.83. The molecule has 0 aromatic heterocycles. The summed E-state index contributed by atoms with van der Waals surface area (Å²) in [7, 11) is -2.52. The van der Waals surface area contributed by atoms with E-state index in [2.05, 4.69) is 0 Å². The molecule has 8 nitrogen and oxygen atoms in total. The number of ether oxygens (including phenoxy) is 2. The third kappa shape index (κ3) is 7.75. The lowest BCUT2D eigenvalue weighted by Gasteiger charge is -2.33. The van der Waals surface area contributed by atoms with Crippen molar-refractivity contribution in [2.24, 2.45) is 10.9 Å². The van der Waals surface area contributed by atoms with Crippen LogP contribution in [-0.4, -0.2) is 61.2 Å². The molecule has 1 fully saturated rings. The van der Waals surface area contributed by atoms with E-state index in [9.17, 15) is 13.2 Å². The molecule has 1 saturated heterocycles. The molecule has 1 unspecified atom stereocenters. The van der Waals surface area contributed by atoms with E-state index in [1.165, 1.54) is 28.4 Å². The molecule has 1 atom stereocenters. The van der Waals surface area contributed by atoms with Crippen LogP contribution in [-0.2, 0) is 16.6 Å². The van der Waals surface area contributed by atoms with Crippen LogP contribution in [0.3, 0.4) is 0 Å². The number of methoxy groups -OCH3 is 1. The van der Waals surface area contributed by atoms with Crippen LogP contribution < -0.4 is 9.47 Å². The van der Waals surface area contributed by atoms with Crippen LogP contribution in [0.2, 0.25) is 5.02 Å². The molecule has 0 N–H and O–H groups in total. The zero-order chi connectivity index (χ0) is 31.4. The molecular weight excluding hydrogens is 633 g/mol. The summed E-state index contributed by atoms with van der Waals surface area (Å²) in [5.41, 5.74) is 0.263. The fraction of sp³-hybridized carbons (Fsp3) is 0.419. The first-order valence-corrected chi connectivity index (χ1v) is 16.6. The number of carbonyl (C=O) groups is 1. The van der Waals surface area contributed by atoms with E-state index in [1.807, 2.05) is 39.0 Å². The molecular formula is C31H36Cl3N3O5S. The highest BCUT2D eigenvalue weighted by molar-refractivity contribution is 7.89. The van der Waals surface area contributed by atoms with Crippen molar-refractivity contribution in [3.63, 3.8) is 0 Å². The number of nitrogens with zero attached hydrogens (tertiary/aromatic N) is 3. The van der Waals surface area contributed by atoms with Gasteiger partial charge in [0.15, 0.2) is 0 Å². The summed E-state index contributed by atoms with van der Waals surface area (Å²) in [4.78, 5) is 19.6. The van der Waals surface area contributed by atoms with Gasteiger partial charge in [0.1, 0.15) is 22.2 Å². The number of amidine groups is 1. The summed E-state index contributed by atoms with van der Waals surface area (Å²) < 4.78 is 40.7. The fourth-order valence-electron chi connectivity index (χ4n) is 5.15. The highest BCUT2D eigenvalue weighted by Gasteiger charge is 2.35. The summed E-state index contributed by atoms with van der Waals surface area (Å²) in [6.45, 7) is 6.84. The summed E-state index contributed by atoms with van der Waals surface area (Å²) in [5.74, 6) is 0.525. The molecule has 2 aliphatic rings. The Morgan fingerprint density at radius 2 is 1.79 bits per heavy atom. The zero-order valence-corrected chi connectivity index (χ0v) is 27.7. The lowest BCUT2D eigenvalue weighted by molar-refractivity contribution is 0.241. The molecule has 12 heteroatoms. The second-order valence-corrected chi connectivity index (χ2v) is 14.0. The number of hydrogen-bond acceptors (Lipinski definition) is 6. The van der Waals surface area contributed by atoms with E-state index in [0.29, 0.717) is 40.9 Å². The van der Waals surface area contributed by atoms with Gasteiger partial charge in [-0.05, 0) is 81.5 Å². The first kappa shape index (κ1) is 33.3.